The Kier molecular flexibility index (Phi) is 3.75. The zero-order valence-electron chi connectivity index (χ0n) is 11.6. The number of anilines is 1. The highest BCUT2D eigenvalue weighted by atomic mass is 19.1. The topological polar surface area (TPSA) is 50.9 Å². The number of hydrogen-bond acceptors (Lipinski definition) is 4. The van der Waals surface area contributed by atoms with Crippen LogP contribution in [0.1, 0.15) is 13.8 Å². The smallest absolute Gasteiger partial charge is 0.196 e. The van der Waals surface area contributed by atoms with Gasteiger partial charge in [0.15, 0.2) is 5.96 Å². The lowest BCUT2D eigenvalue weighted by atomic mass is 9.85. The van der Waals surface area contributed by atoms with Crippen LogP contribution in [-0.2, 0) is 4.74 Å². The Morgan fingerprint density at radius 1 is 1.42 bits per heavy atom. The second kappa shape index (κ2) is 5.17. The molecule has 0 aliphatic carbocycles. The molecule has 4 nitrogen and oxygen atoms in total. The fraction of sp³-hybridized carbons (Fsp3) is 0.500. The summed E-state index contributed by atoms with van der Waals surface area (Å²) in [7, 11) is 1.67. The first-order valence-electron chi connectivity index (χ1n) is 6.36. The van der Waals surface area contributed by atoms with Crippen LogP contribution in [0.15, 0.2) is 29.3 Å². The predicted octanol–water partition coefficient (Wildman–Crippen LogP) is 2.00. The van der Waals surface area contributed by atoms with Gasteiger partial charge >= 0.3 is 0 Å². The standard InChI is InChI=1S/C14H20FN3O/c1-10(2)14(9-19-3)8-17-13(16)18(14)12-6-4-11(15)5-7-12/h4-7,10H,8-9H2,1-3H3,(H2,16,17). The van der Waals surface area contributed by atoms with Crippen molar-refractivity contribution >= 4 is 11.6 Å². The van der Waals surface area contributed by atoms with Crippen LogP contribution in [-0.4, -0.2) is 31.8 Å². The Bertz CT molecular complexity index is 472. The van der Waals surface area contributed by atoms with Crippen molar-refractivity contribution in [2.75, 3.05) is 25.2 Å². The fourth-order valence-electron chi connectivity index (χ4n) is 2.53. The van der Waals surface area contributed by atoms with E-state index in [1.165, 1.54) is 12.1 Å². The predicted molar refractivity (Wildman–Crippen MR) is 74.8 cm³/mol. The molecule has 1 aliphatic rings. The van der Waals surface area contributed by atoms with E-state index in [4.69, 9.17) is 10.5 Å². The number of rotatable bonds is 4. The average Bonchev–Trinajstić information content (AvgIpc) is 2.70. The number of benzene rings is 1. The van der Waals surface area contributed by atoms with Gasteiger partial charge in [-0.15, -0.1) is 0 Å². The molecule has 1 heterocycles. The zero-order chi connectivity index (χ0) is 14.0. The number of aliphatic imine (C=N–C) groups is 1. The van der Waals surface area contributed by atoms with Crippen LogP contribution in [0.3, 0.4) is 0 Å². The van der Waals surface area contributed by atoms with E-state index in [1.807, 2.05) is 4.90 Å². The van der Waals surface area contributed by atoms with Crippen molar-refractivity contribution in [1.29, 1.82) is 0 Å². The number of ether oxygens (including phenoxy) is 1. The number of nitrogens with zero attached hydrogens (tertiary/aromatic N) is 2. The molecule has 0 amide bonds. The first-order chi connectivity index (χ1) is 9.01. The number of hydrogen-bond donors (Lipinski definition) is 1. The van der Waals surface area contributed by atoms with Gasteiger partial charge in [0.1, 0.15) is 5.82 Å². The summed E-state index contributed by atoms with van der Waals surface area (Å²) in [5.74, 6) is 0.486. The Balaban J connectivity index is 2.43. The van der Waals surface area contributed by atoms with Gasteiger partial charge in [-0.05, 0) is 30.2 Å². The molecular formula is C14H20FN3O. The van der Waals surface area contributed by atoms with Crippen molar-refractivity contribution in [3.63, 3.8) is 0 Å². The summed E-state index contributed by atoms with van der Waals surface area (Å²) in [5, 5.41) is 0. The number of methoxy groups -OCH3 is 1. The molecule has 104 valence electrons. The van der Waals surface area contributed by atoms with Crippen LogP contribution in [0.2, 0.25) is 0 Å². The molecule has 0 saturated heterocycles. The lowest BCUT2D eigenvalue weighted by Crippen LogP contribution is -2.58. The Hall–Kier alpha value is -1.62. The Morgan fingerprint density at radius 2 is 2.05 bits per heavy atom. The van der Waals surface area contributed by atoms with Gasteiger partial charge in [0.05, 0.1) is 18.7 Å². The second-order valence-electron chi connectivity index (χ2n) is 5.18. The monoisotopic (exact) mass is 265 g/mol. The summed E-state index contributed by atoms with van der Waals surface area (Å²) in [5.41, 5.74) is 6.55. The minimum absolute atomic E-state index is 0.264. The zero-order valence-corrected chi connectivity index (χ0v) is 11.6. The first-order valence-corrected chi connectivity index (χ1v) is 6.36. The number of halogens is 1. The molecule has 19 heavy (non-hydrogen) atoms. The second-order valence-corrected chi connectivity index (χ2v) is 5.18. The van der Waals surface area contributed by atoms with E-state index in [0.717, 1.165) is 5.69 Å². The molecule has 0 bridgehead atoms. The number of guanidine groups is 1. The molecule has 0 radical (unpaired) electrons. The summed E-state index contributed by atoms with van der Waals surface area (Å²) in [6.45, 7) is 5.33. The molecule has 1 aromatic carbocycles. The largest absolute Gasteiger partial charge is 0.382 e. The van der Waals surface area contributed by atoms with Gasteiger partial charge in [-0.1, -0.05) is 13.8 Å². The van der Waals surface area contributed by atoms with Crippen LogP contribution < -0.4 is 10.6 Å². The average molecular weight is 265 g/mol. The van der Waals surface area contributed by atoms with E-state index in [2.05, 4.69) is 18.8 Å². The molecular weight excluding hydrogens is 245 g/mol. The van der Waals surface area contributed by atoms with E-state index in [0.29, 0.717) is 25.0 Å². The summed E-state index contributed by atoms with van der Waals surface area (Å²) in [6.07, 6.45) is 0. The third kappa shape index (κ3) is 2.30. The maximum atomic E-state index is 13.1. The molecule has 1 unspecified atom stereocenters. The van der Waals surface area contributed by atoms with Gasteiger partial charge in [0.25, 0.3) is 0 Å². The van der Waals surface area contributed by atoms with Gasteiger partial charge < -0.3 is 15.4 Å². The molecule has 0 saturated carbocycles. The van der Waals surface area contributed by atoms with E-state index < -0.39 is 0 Å². The summed E-state index contributed by atoms with van der Waals surface area (Å²) >= 11 is 0. The molecule has 0 fully saturated rings. The Morgan fingerprint density at radius 3 is 2.58 bits per heavy atom. The van der Waals surface area contributed by atoms with Gasteiger partial charge in [0.2, 0.25) is 0 Å². The molecule has 1 atom stereocenters. The summed E-state index contributed by atoms with van der Waals surface area (Å²) < 4.78 is 18.4. The van der Waals surface area contributed by atoms with Crippen molar-refractivity contribution in [3.05, 3.63) is 30.1 Å². The highest BCUT2D eigenvalue weighted by molar-refractivity contribution is 5.98. The quantitative estimate of drug-likeness (QED) is 0.906. The molecule has 1 aromatic rings. The van der Waals surface area contributed by atoms with Gasteiger partial charge in [0, 0.05) is 12.8 Å². The maximum Gasteiger partial charge on any atom is 0.196 e. The van der Waals surface area contributed by atoms with Gasteiger partial charge in [-0.3, -0.25) is 4.99 Å². The van der Waals surface area contributed by atoms with Gasteiger partial charge in [-0.25, -0.2) is 4.39 Å². The van der Waals surface area contributed by atoms with Crippen LogP contribution >= 0.6 is 0 Å². The Labute approximate surface area is 113 Å². The van der Waals surface area contributed by atoms with Crippen LogP contribution in [0.25, 0.3) is 0 Å². The maximum absolute atomic E-state index is 13.1. The molecule has 2 rings (SSSR count). The lowest BCUT2D eigenvalue weighted by molar-refractivity contribution is 0.115. The van der Waals surface area contributed by atoms with E-state index in [-0.39, 0.29) is 11.4 Å². The third-order valence-electron chi connectivity index (χ3n) is 3.74. The highest BCUT2D eigenvalue weighted by Crippen LogP contribution is 2.34. The molecule has 2 N–H and O–H groups in total. The van der Waals surface area contributed by atoms with E-state index in [1.54, 1.807) is 19.2 Å². The number of nitrogens with two attached hydrogens (primary N) is 1. The molecule has 0 spiro atoms. The van der Waals surface area contributed by atoms with Crippen molar-refractivity contribution in [2.45, 2.75) is 19.4 Å². The SMILES string of the molecule is COCC1(C(C)C)CN=C(N)N1c1ccc(F)cc1. The summed E-state index contributed by atoms with van der Waals surface area (Å²) in [6, 6.07) is 6.29. The van der Waals surface area contributed by atoms with Crippen molar-refractivity contribution in [3.8, 4) is 0 Å². The molecule has 1 aliphatic heterocycles. The lowest BCUT2D eigenvalue weighted by Gasteiger charge is -2.41. The van der Waals surface area contributed by atoms with Crippen LogP contribution in [0.5, 0.6) is 0 Å². The minimum Gasteiger partial charge on any atom is -0.382 e. The van der Waals surface area contributed by atoms with Gasteiger partial charge in [-0.2, -0.15) is 0 Å². The normalized spacial score (nSPS) is 23.0. The van der Waals surface area contributed by atoms with Crippen molar-refractivity contribution < 1.29 is 9.13 Å². The van der Waals surface area contributed by atoms with E-state index in [9.17, 15) is 4.39 Å². The van der Waals surface area contributed by atoms with Crippen molar-refractivity contribution in [2.24, 2.45) is 16.6 Å². The van der Waals surface area contributed by atoms with Crippen LogP contribution in [0, 0.1) is 11.7 Å². The highest BCUT2D eigenvalue weighted by Gasteiger charge is 2.45. The summed E-state index contributed by atoms with van der Waals surface area (Å²) in [4.78, 5) is 6.32. The molecule has 0 aromatic heterocycles. The molecule has 5 heteroatoms. The minimum atomic E-state index is -0.309. The third-order valence-corrected chi connectivity index (χ3v) is 3.74. The van der Waals surface area contributed by atoms with Crippen molar-refractivity contribution in [1.82, 2.24) is 0 Å². The fourth-order valence-corrected chi connectivity index (χ4v) is 2.53. The first kappa shape index (κ1) is 13.8. The van der Waals surface area contributed by atoms with Crippen LogP contribution in [0.4, 0.5) is 10.1 Å². The van der Waals surface area contributed by atoms with E-state index >= 15 is 0 Å².